The molecule has 2 atom stereocenters. The lowest BCUT2D eigenvalue weighted by atomic mass is 10.1. The molecule has 0 aromatic carbocycles. The van der Waals surface area contributed by atoms with E-state index in [4.69, 9.17) is 15.6 Å². The average molecular weight is 257 g/mol. The van der Waals surface area contributed by atoms with Gasteiger partial charge in [-0.25, -0.2) is 9.59 Å². The summed E-state index contributed by atoms with van der Waals surface area (Å²) >= 11 is 0. The number of hydrogen-bond acceptors (Lipinski definition) is 4. The van der Waals surface area contributed by atoms with Gasteiger partial charge in [-0.3, -0.25) is 0 Å². The number of rotatable bonds is 1. The summed E-state index contributed by atoms with van der Waals surface area (Å²) in [5.74, 6) is -1.02. The van der Waals surface area contributed by atoms with Crippen LogP contribution in [-0.4, -0.2) is 71.8 Å². The number of hydrogen-bond donors (Lipinski definition) is 2. The first-order valence-electron chi connectivity index (χ1n) is 6.21. The van der Waals surface area contributed by atoms with Gasteiger partial charge in [-0.15, -0.1) is 0 Å². The SMILES string of the molecule is NC1CCCN(C(=O)N2CCOCC2C(=O)O)C1. The summed E-state index contributed by atoms with van der Waals surface area (Å²) in [6.45, 7) is 1.91. The van der Waals surface area contributed by atoms with Crippen LogP contribution in [0.15, 0.2) is 0 Å². The number of carbonyl (C=O) groups excluding carboxylic acids is 1. The van der Waals surface area contributed by atoms with Crippen molar-refractivity contribution in [3.8, 4) is 0 Å². The second-order valence-corrected chi connectivity index (χ2v) is 4.75. The first-order valence-corrected chi connectivity index (χ1v) is 6.21. The standard InChI is InChI=1S/C11H19N3O4/c12-8-2-1-3-13(6-8)11(17)14-4-5-18-7-9(14)10(15)16/h8-9H,1-7,12H2,(H,15,16). The molecule has 2 heterocycles. The van der Waals surface area contributed by atoms with Gasteiger partial charge in [0.1, 0.15) is 0 Å². The van der Waals surface area contributed by atoms with E-state index in [2.05, 4.69) is 0 Å². The van der Waals surface area contributed by atoms with Gasteiger partial charge in [-0.1, -0.05) is 0 Å². The van der Waals surface area contributed by atoms with Crippen molar-refractivity contribution in [2.75, 3.05) is 32.8 Å². The summed E-state index contributed by atoms with van der Waals surface area (Å²) in [7, 11) is 0. The van der Waals surface area contributed by atoms with Crippen molar-refractivity contribution in [3.05, 3.63) is 0 Å². The number of piperidine rings is 1. The Kier molecular flexibility index (Phi) is 4.03. The second kappa shape index (κ2) is 5.53. The molecular formula is C11H19N3O4. The number of nitrogens with zero attached hydrogens (tertiary/aromatic N) is 2. The maximum absolute atomic E-state index is 12.3. The third-order valence-electron chi connectivity index (χ3n) is 3.39. The van der Waals surface area contributed by atoms with Crippen molar-refractivity contribution in [1.82, 2.24) is 9.80 Å². The Balaban J connectivity index is 2.03. The van der Waals surface area contributed by atoms with Crippen LogP contribution in [-0.2, 0) is 9.53 Å². The summed E-state index contributed by atoms with van der Waals surface area (Å²) < 4.78 is 5.11. The van der Waals surface area contributed by atoms with Crippen LogP contribution in [0.4, 0.5) is 4.79 Å². The molecule has 2 aliphatic rings. The van der Waals surface area contributed by atoms with Gasteiger partial charge in [-0.2, -0.15) is 0 Å². The van der Waals surface area contributed by atoms with Gasteiger partial charge < -0.3 is 25.4 Å². The van der Waals surface area contributed by atoms with Crippen LogP contribution in [0.5, 0.6) is 0 Å². The number of morpholine rings is 1. The molecule has 0 spiro atoms. The molecule has 0 saturated carbocycles. The molecule has 0 aromatic rings. The molecule has 2 rings (SSSR count). The quantitative estimate of drug-likeness (QED) is 0.648. The number of likely N-dealkylation sites (tertiary alicyclic amines) is 1. The number of carboxylic acid groups (broad SMARTS) is 1. The van der Waals surface area contributed by atoms with Crippen molar-refractivity contribution < 1.29 is 19.4 Å². The molecule has 7 heteroatoms. The molecule has 3 N–H and O–H groups in total. The molecule has 18 heavy (non-hydrogen) atoms. The lowest BCUT2D eigenvalue weighted by Gasteiger charge is -2.39. The summed E-state index contributed by atoms with van der Waals surface area (Å²) in [5.41, 5.74) is 5.83. The third-order valence-corrected chi connectivity index (χ3v) is 3.39. The summed E-state index contributed by atoms with van der Waals surface area (Å²) in [6.07, 6.45) is 1.78. The minimum absolute atomic E-state index is 0.00739. The number of urea groups is 1. The Morgan fingerprint density at radius 3 is 2.78 bits per heavy atom. The second-order valence-electron chi connectivity index (χ2n) is 4.75. The molecule has 7 nitrogen and oxygen atoms in total. The smallest absolute Gasteiger partial charge is 0.328 e. The summed E-state index contributed by atoms with van der Waals surface area (Å²) in [4.78, 5) is 26.4. The summed E-state index contributed by atoms with van der Waals surface area (Å²) in [6, 6.07) is -1.13. The average Bonchev–Trinajstić information content (AvgIpc) is 2.38. The van der Waals surface area contributed by atoms with Gasteiger partial charge >= 0.3 is 12.0 Å². The first kappa shape index (κ1) is 13.1. The van der Waals surface area contributed by atoms with Crippen LogP contribution in [0.3, 0.4) is 0 Å². The van der Waals surface area contributed by atoms with E-state index in [-0.39, 0.29) is 18.7 Å². The fourth-order valence-corrected chi connectivity index (χ4v) is 2.40. The number of ether oxygens (including phenoxy) is 1. The molecule has 0 aliphatic carbocycles. The highest BCUT2D eigenvalue weighted by molar-refractivity contribution is 5.83. The highest BCUT2D eigenvalue weighted by Crippen LogP contribution is 2.15. The van der Waals surface area contributed by atoms with Gasteiger partial charge in [-0.05, 0) is 12.8 Å². The van der Waals surface area contributed by atoms with E-state index in [1.807, 2.05) is 0 Å². The lowest BCUT2D eigenvalue weighted by molar-refractivity contribution is -0.147. The molecule has 0 radical (unpaired) electrons. The topological polar surface area (TPSA) is 96.1 Å². The Labute approximate surface area is 105 Å². The number of carboxylic acids is 1. The van der Waals surface area contributed by atoms with Crippen LogP contribution >= 0.6 is 0 Å². The van der Waals surface area contributed by atoms with E-state index in [1.165, 1.54) is 4.90 Å². The lowest BCUT2D eigenvalue weighted by Crippen LogP contribution is -2.58. The number of carbonyl (C=O) groups is 2. The van der Waals surface area contributed by atoms with Crippen LogP contribution in [0, 0.1) is 0 Å². The highest BCUT2D eigenvalue weighted by Gasteiger charge is 2.36. The van der Waals surface area contributed by atoms with E-state index >= 15 is 0 Å². The highest BCUT2D eigenvalue weighted by atomic mass is 16.5. The number of aliphatic carboxylic acids is 1. The maximum atomic E-state index is 12.3. The Morgan fingerprint density at radius 1 is 1.33 bits per heavy atom. The largest absolute Gasteiger partial charge is 0.480 e. The predicted octanol–water partition coefficient (Wildman–Crippen LogP) is -0.685. The normalized spacial score (nSPS) is 29.2. The van der Waals surface area contributed by atoms with Crippen molar-refractivity contribution in [1.29, 1.82) is 0 Å². The molecule has 2 saturated heterocycles. The molecule has 2 amide bonds. The molecule has 2 unspecified atom stereocenters. The van der Waals surface area contributed by atoms with E-state index in [1.54, 1.807) is 4.90 Å². The first-order chi connectivity index (χ1) is 8.59. The fraction of sp³-hybridized carbons (Fsp3) is 0.818. The zero-order valence-corrected chi connectivity index (χ0v) is 10.2. The van der Waals surface area contributed by atoms with E-state index < -0.39 is 12.0 Å². The van der Waals surface area contributed by atoms with E-state index in [0.29, 0.717) is 26.2 Å². The molecular weight excluding hydrogens is 238 g/mol. The van der Waals surface area contributed by atoms with Gasteiger partial charge in [0.2, 0.25) is 0 Å². The van der Waals surface area contributed by atoms with E-state index in [0.717, 1.165) is 12.8 Å². The minimum atomic E-state index is -1.02. The Hall–Kier alpha value is -1.34. The zero-order chi connectivity index (χ0) is 13.1. The van der Waals surface area contributed by atoms with Crippen LogP contribution < -0.4 is 5.73 Å². The molecule has 0 bridgehead atoms. The fourth-order valence-electron chi connectivity index (χ4n) is 2.40. The monoisotopic (exact) mass is 257 g/mol. The molecule has 102 valence electrons. The predicted molar refractivity (Wildman–Crippen MR) is 63.1 cm³/mol. The molecule has 2 aliphatic heterocycles. The van der Waals surface area contributed by atoms with Crippen molar-refractivity contribution in [2.24, 2.45) is 5.73 Å². The Bertz CT molecular complexity index is 336. The number of nitrogens with two attached hydrogens (primary N) is 1. The maximum Gasteiger partial charge on any atom is 0.328 e. The van der Waals surface area contributed by atoms with Crippen LogP contribution in [0.1, 0.15) is 12.8 Å². The van der Waals surface area contributed by atoms with Crippen molar-refractivity contribution >= 4 is 12.0 Å². The minimum Gasteiger partial charge on any atom is -0.480 e. The Morgan fingerprint density at radius 2 is 2.11 bits per heavy atom. The molecule has 2 fully saturated rings. The zero-order valence-electron chi connectivity index (χ0n) is 10.2. The van der Waals surface area contributed by atoms with Gasteiger partial charge in [0.05, 0.1) is 13.2 Å². The van der Waals surface area contributed by atoms with Crippen molar-refractivity contribution in [3.63, 3.8) is 0 Å². The van der Waals surface area contributed by atoms with Gasteiger partial charge in [0, 0.05) is 25.7 Å². The number of amides is 2. The van der Waals surface area contributed by atoms with Crippen LogP contribution in [0.2, 0.25) is 0 Å². The molecule has 0 aromatic heterocycles. The van der Waals surface area contributed by atoms with Crippen molar-refractivity contribution in [2.45, 2.75) is 24.9 Å². The van der Waals surface area contributed by atoms with E-state index in [9.17, 15) is 9.59 Å². The summed E-state index contributed by atoms with van der Waals surface area (Å²) in [5, 5.41) is 9.09. The third kappa shape index (κ3) is 2.73. The van der Waals surface area contributed by atoms with Crippen LogP contribution in [0.25, 0.3) is 0 Å². The van der Waals surface area contributed by atoms with Gasteiger partial charge in [0.15, 0.2) is 6.04 Å². The van der Waals surface area contributed by atoms with Gasteiger partial charge in [0.25, 0.3) is 0 Å².